The molecule has 0 fully saturated rings. The van der Waals surface area contributed by atoms with Gasteiger partial charge in [0.2, 0.25) is 20.0 Å². The maximum Gasteiger partial charge on any atom is 0.240 e. The lowest BCUT2D eigenvalue weighted by atomic mass is 10.4. The van der Waals surface area contributed by atoms with E-state index in [0.717, 1.165) is 13.1 Å². The van der Waals surface area contributed by atoms with Crippen molar-refractivity contribution in [1.29, 1.82) is 0 Å². The van der Waals surface area contributed by atoms with Crippen molar-refractivity contribution in [3.05, 3.63) is 24.3 Å². The second-order valence-corrected chi connectivity index (χ2v) is 7.99. The van der Waals surface area contributed by atoms with Crippen LogP contribution in [0.5, 0.6) is 0 Å². The molecule has 0 aromatic heterocycles. The fourth-order valence-electron chi connectivity index (χ4n) is 1.61. The molecular weight excluding hydrogens is 314 g/mol. The molecule has 0 unspecified atom stereocenters. The highest BCUT2D eigenvalue weighted by Crippen LogP contribution is 2.13. The van der Waals surface area contributed by atoms with Gasteiger partial charge in [0.15, 0.2) is 0 Å². The maximum atomic E-state index is 12.0. The highest BCUT2D eigenvalue weighted by molar-refractivity contribution is 7.89. The van der Waals surface area contributed by atoms with Gasteiger partial charge in [-0.1, -0.05) is 6.92 Å². The van der Waals surface area contributed by atoms with Gasteiger partial charge in [-0.25, -0.2) is 26.7 Å². The number of hydrogen-bond donors (Lipinski definition) is 2. The molecule has 9 heteroatoms. The van der Waals surface area contributed by atoms with E-state index < -0.39 is 20.0 Å². The summed E-state index contributed by atoms with van der Waals surface area (Å²) in [5.74, 6) is 0. The monoisotopic (exact) mass is 335 g/mol. The zero-order valence-corrected chi connectivity index (χ0v) is 13.7. The Morgan fingerprint density at radius 2 is 1.62 bits per heavy atom. The van der Waals surface area contributed by atoms with Crippen molar-refractivity contribution >= 4 is 20.0 Å². The van der Waals surface area contributed by atoms with Gasteiger partial charge in [-0.15, -0.1) is 0 Å². The van der Waals surface area contributed by atoms with Gasteiger partial charge in [0.1, 0.15) is 0 Å². The standard InChI is InChI=1S/C12H21N3O4S2/c1-3-15(2)10-4-9-14-21(18,19)12-7-5-11(6-8-12)20(13,16)17/h5-8,14H,3-4,9-10H2,1-2H3,(H2,13,16,17). The summed E-state index contributed by atoms with van der Waals surface area (Å²) in [5, 5.41) is 4.96. The van der Waals surface area contributed by atoms with Crippen molar-refractivity contribution in [2.75, 3.05) is 26.7 Å². The van der Waals surface area contributed by atoms with Crippen molar-refractivity contribution in [2.24, 2.45) is 5.14 Å². The topological polar surface area (TPSA) is 110 Å². The second-order valence-electron chi connectivity index (χ2n) is 4.66. The first kappa shape index (κ1) is 18.1. The Hall–Kier alpha value is -1.00. The van der Waals surface area contributed by atoms with E-state index in [1.165, 1.54) is 24.3 Å². The average molecular weight is 335 g/mol. The molecule has 0 radical (unpaired) electrons. The minimum Gasteiger partial charge on any atom is -0.307 e. The molecule has 0 atom stereocenters. The second kappa shape index (κ2) is 7.32. The minimum absolute atomic E-state index is 0.0127. The number of sulfonamides is 2. The van der Waals surface area contributed by atoms with Crippen molar-refractivity contribution in [3.63, 3.8) is 0 Å². The maximum absolute atomic E-state index is 12.0. The molecular formula is C12H21N3O4S2. The summed E-state index contributed by atoms with van der Waals surface area (Å²) in [6.07, 6.45) is 0.693. The first-order valence-corrected chi connectivity index (χ1v) is 9.51. The summed E-state index contributed by atoms with van der Waals surface area (Å²) in [6.45, 7) is 4.05. The third-order valence-corrected chi connectivity index (χ3v) is 5.42. The molecule has 0 saturated carbocycles. The Morgan fingerprint density at radius 3 is 2.10 bits per heavy atom. The number of rotatable bonds is 8. The summed E-state index contributed by atoms with van der Waals surface area (Å²) < 4.78 is 48.7. The van der Waals surface area contributed by atoms with Crippen molar-refractivity contribution in [3.8, 4) is 0 Å². The van der Waals surface area contributed by atoms with Crippen LogP contribution in [0.3, 0.4) is 0 Å². The summed E-state index contributed by atoms with van der Waals surface area (Å²) >= 11 is 0. The van der Waals surface area contributed by atoms with Gasteiger partial charge in [0, 0.05) is 6.54 Å². The van der Waals surface area contributed by atoms with E-state index in [9.17, 15) is 16.8 Å². The van der Waals surface area contributed by atoms with Gasteiger partial charge >= 0.3 is 0 Å². The number of hydrogen-bond acceptors (Lipinski definition) is 5. The number of primary sulfonamides is 1. The summed E-state index contributed by atoms with van der Waals surface area (Å²) in [4.78, 5) is 1.97. The van der Waals surface area contributed by atoms with Gasteiger partial charge in [0.05, 0.1) is 9.79 Å². The van der Waals surface area contributed by atoms with Gasteiger partial charge < -0.3 is 4.90 Å². The molecule has 3 N–H and O–H groups in total. The Bertz CT molecular complexity index is 654. The first-order chi connectivity index (χ1) is 9.66. The highest BCUT2D eigenvalue weighted by Gasteiger charge is 2.15. The van der Waals surface area contributed by atoms with E-state index in [0.29, 0.717) is 13.0 Å². The highest BCUT2D eigenvalue weighted by atomic mass is 32.2. The SMILES string of the molecule is CCN(C)CCCNS(=O)(=O)c1ccc(S(N)(=O)=O)cc1. The van der Waals surface area contributed by atoms with Crippen LogP contribution < -0.4 is 9.86 Å². The normalized spacial score (nSPS) is 12.8. The van der Waals surface area contributed by atoms with Crippen LogP contribution in [-0.4, -0.2) is 48.4 Å². The van der Waals surface area contributed by atoms with Gasteiger partial charge in [-0.2, -0.15) is 0 Å². The van der Waals surface area contributed by atoms with Crippen LogP contribution in [0.4, 0.5) is 0 Å². The third-order valence-electron chi connectivity index (χ3n) is 3.01. The fraction of sp³-hybridized carbons (Fsp3) is 0.500. The van der Waals surface area contributed by atoms with Gasteiger partial charge in [-0.3, -0.25) is 0 Å². The molecule has 1 aromatic rings. The molecule has 21 heavy (non-hydrogen) atoms. The van der Waals surface area contributed by atoms with Crippen LogP contribution >= 0.6 is 0 Å². The van der Waals surface area contributed by atoms with Crippen LogP contribution in [0, 0.1) is 0 Å². The molecule has 7 nitrogen and oxygen atoms in total. The van der Waals surface area contributed by atoms with Crippen LogP contribution in [0.2, 0.25) is 0 Å². The van der Waals surface area contributed by atoms with Crippen LogP contribution in [0.1, 0.15) is 13.3 Å². The van der Waals surface area contributed by atoms with Crippen molar-refractivity contribution in [2.45, 2.75) is 23.1 Å². The lowest BCUT2D eigenvalue weighted by Crippen LogP contribution is -2.28. The number of nitrogens with one attached hydrogen (secondary N) is 1. The third kappa shape index (κ3) is 5.71. The zero-order chi connectivity index (χ0) is 16.1. The molecule has 0 aliphatic rings. The zero-order valence-electron chi connectivity index (χ0n) is 12.1. The lowest BCUT2D eigenvalue weighted by molar-refractivity contribution is 0.347. The fourth-order valence-corrected chi connectivity index (χ4v) is 3.19. The molecule has 1 rings (SSSR count). The van der Waals surface area contributed by atoms with Crippen LogP contribution in [0.25, 0.3) is 0 Å². The van der Waals surface area contributed by atoms with Crippen molar-refractivity contribution < 1.29 is 16.8 Å². The molecule has 1 aromatic carbocycles. The summed E-state index contributed by atoms with van der Waals surface area (Å²) in [5.41, 5.74) is 0. The van der Waals surface area contributed by atoms with Crippen LogP contribution in [-0.2, 0) is 20.0 Å². The summed E-state index contributed by atoms with van der Waals surface area (Å²) in [6, 6.07) is 4.80. The quantitative estimate of drug-likeness (QED) is 0.648. The Kier molecular flexibility index (Phi) is 6.29. The molecule has 0 spiro atoms. The Morgan fingerprint density at radius 1 is 1.10 bits per heavy atom. The molecule has 0 aliphatic heterocycles. The smallest absolute Gasteiger partial charge is 0.240 e. The number of benzene rings is 1. The average Bonchev–Trinajstić information content (AvgIpc) is 2.42. The van der Waals surface area contributed by atoms with Gasteiger partial charge in [0.25, 0.3) is 0 Å². The first-order valence-electron chi connectivity index (χ1n) is 6.48. The predicted octanol–water partition coefficient (Wildman–Crippen LogP) is -0.0459. The van der Waals surface area contributed by atoms with E-state index in [-0.39, 0.29) is 9.79 Å². The Labute approximate surface area is 126 Å². The van der Waals surface area contributed by atoms with E-state index >= 15 is 0 Å². The predicted molar refractivity (Wildman–Crippen MR) is 80.8 cm³/mol. The number of nitrogens with two attached hydrogens (primary N) is 1. The van der Waals surface area contributed by atoms with E-state index in [4.69, 9.17) is 5.14 Å². The van der Waals surface area contributed by atoms with E-state index in [2.05, 4.69) is 9.62 Å². The number of nitrogens with zero attached hydrogens (tertiary/aromatic N) is 1. The van der Waals surface area contributed by atoms with Crippen LogP contribution in [0.15, 0.2) is 34.1 Å². The van der Waals surface area contributed by atoms with E-state index in [1.807, 2.05) is 14.0 Å². The molecule has 0 heterocycles. The summed E-state index contributed by atoms with van der Waals surface area (Å²) in [7, 11) is -5.49. The largest absolute Gasteiger partial charge is 0.307 e. The van der Waals surface area contributed by atoms with Crippen molar-refractivity contribution in [1.82, 2.24) is 9.62 Å². The molecule has 0 amide bonds. The minimum atomic E-state index is -3.82. The molecule has 0 aliphatic carbocycles. The lowest BCUT2D eigenvalue weighted by Gasteiger charge is -2.13. The Balaban J connectivity index is 2.67. The van der Waals surface area contributed by atoms with E-state index in [1.54, 1.807) is 0 Å². The molecule has 120 valence electrons. The molecule has 0 bridgehead atoms. The van der Waals surface area contributed by atoms with Gasteiger partial charge in [-0.05, 0) is 50.8 Å². The molecule has 0 saturated heterocycles.